The minimum atomic E-state index is -0.126. The van der Waals surface area contributed by atoms with Crippen LogP contribution in [0.15, 0.2) is 63.0 Å². The van der Waals surface area contributed by atoms with Gasteiger partial charge < -0.3 is 4.90 Å². The first-order valence-corrected chi connectivity index (χ1v) is 8.81. The Hall–Kier alpha value is -1.79. The molecule has 0 unspecified atom stereocenters. The van der Waals surface area contributed by atoms with Crippen LogP contribution in [0.4, 0.5) is 5.69 Å². The predicted molar refractivity (Wildman–Crippen MR) is 101 cm³/mol. The smallest absolute Gasteiger partial charge is 0.250 e. The molecule has 2 aromatic carbocycles. The molecule has 2 aromatic rings. The molecule has 0 heterocycles. The molecule has 0 fully saturated rings. The lowest BCUT2D eigenvalue weighted by Crippen LogP contribution is -2.19. The SMILES string of the molecule is CN(C)c1ccc(/C=N\NC(=O)CSc2ccccc2)cc1Br. The Morgan fingerprint density at radius 1 is 1.26 bits per heavy atom. The van der Waals surface area contributed by atoms with E-state index in [0.717, 1.165) is 20.6 Å². The molecule has 0 aliphatic carbocycles. The maximum Gasteiger partial charge on any atom is 0.250 e. The fraction of sp³-hybridized carbons (Fsp3) is 0.176. The molecule has 0 saturated heterocycles. The summed E-state index contributed by atoms with van der Waals surface area (Å²) < 4.78 is 0.984. The van der Waals surface area contributed by atoms with Gasteiger partial charge in [-0.25, -0.2) is 5.43 Å². The highest BCUT2D eigenvalue weighted by atomic mass is 79.9. The molecule has 0 atom stereocenters. The van der Waals surface area contributed by atoms with E-state index in [2.05, 4.69) is 26.5 Å². The van der Waals surface area contributed by atoms with E-state index in [1.807, 2.05) is 67.5 Å². The third kappa shape index (κ3) is 5.73. The molecular weight excluding hydrogens is 374 g/mol. The number of hydrazone groups is 1. The number of hydrogen-bond acceptors (Lipinski definition) is 4. The van der Waals surface area contributed by atoms with E-state index in [0.29, 0.717) is 5.75 Å². The average Bonchev–Trinajstić information content (AvgIpc) is 2.53. The van der Waals surface area contributed by atoms with Gasteiger partial charge in [0.15, 0.2) is 0 Å². The number of anilines is 1. The van der Waals surface area contributed by atoms with E-state index in [1.54, 1.807) is 6.21 Å². The molecule has 0 aliphatic rings. The summed E-state index contributed by atoms with van der Waals surface area (Å²) in [6, 6.07) is 15.7. The Balaban J connectivity index is 1.84. The van der Waals surface area contributed by atoms with Gasteiger partial charge in [0.1, 0.15) is 0 Å². The fourth-order valence-corrected chi connectivity index (χ4v) is 3.31. The highest BCUT2D eigenvalue weighted by molar-refractivity contribution is 9.10. The zero-order chi connectivity index (χ0) is 16.7. The Kier molecular flexibility index (Phi) is 6.67. The van der Waals surface area contributed by atoms with Crippen LogP contribution >= 0.6 is 27.7 Å². The molecule has 0 saturated carbocycles. The first-order chi connectivity index (χ1) is 11.1. The van der Waals surface area contributed by atoms with Crippen molar-refractivity contribution in [1.82, 2.24) is 5.43 Å². The van der Waals surface area contributed by atoms with Gasteiger partial charge in [-0.3, -0.25) is 4.79 Å². The van der Waals surface area contributed by atoms with Crippen LogP contribution in [0.2, 0.25) is 0 Å². The lowest BCUT2D eigenvalue weighted by molar-refractivity contribution is -0.118. The van der Waals surface area contributed by atoms with Gasteiger partial charge in [0.2, 0.25) is 5.91 Å². The summed E-state index contributed by atoms with van der Waals surface area (Å²) >= 11 is 5.01. The lowest BCUT2D eigenvalue weighted by Gasteiger charge is -2.14. The molecular formula is C17H18BrN3OS. The van der Waals surface area contributed by atoms with Crippen LogP contribution in [0, 0.1) is 0 Å². The molecule has 0 aliphatic heterocycles. The standard InChI is InChI=1S/C17H18BrN3OS/c1-21(2)16-9-8-13(10-15(16)18)11-19-20-17(22)12-23-14-6-4-3-5-7-14/h3-11H,12H2,1-2H3,(H,20,22)/b19-11-. The highest BCUT2D eigenvalue weighted by Gasteiger charge is 2.03. The zero-order valence-electron chi connectivity index (χ0n) is 13.0. The Morgan fingerprint density at radius 3 is 2.65 bits per heavy atom. The van der Waals surface area contributed by atoms with Gasteiger partial charge >= 0.3 is 0 Å². The van der Waals surface area contributed by atoms with Gasteiger partial charge in [-0.1, -0.05) is 24.3 Å². The first-order valence-electron chi connectivity index (χ1n) is 7.03. The fourth-order valence-electron chi connectivity index (χ4n) is 1.84. The van der Waals surface area contributed by atoms with E-state index in [1.165, 1.54) is 11.8 Å². The summed E-state index contributed by atoms with van der Waals surface area (Å²) in [6.07, 6.45) is 1.63. The number of benzene rings is 2. The normalized spacial score (nSPS) is 10.7. The Labute approximate surface area is 149 Å². The van der Waals surface area contributed by atoms with Crippen molar-refractivity contribution < 1.29 is 4.79 Å². The molecule has 23 heavy (non-hydrogen) atoms. The molecule has 0 aromatic heterocycles. The van der Waals surface area contributed by atoms with Gasteiger partial charge in [0.05, 0.1) is 17.7 Å². The quantitative estimate of drug-likeness (QED) is 0.463. The molecule has 120 valence electrons. The Bertz CT molecular complexity index is 689. The summed E-state index contributed by atoms with van der Waals surface area (Å²) in [5, 5.41) is 4.00. The maximum atomic E-state index is 11.8. The van der Waals surface area contributed by atoms with E-state index >= 15 is 0 Å². The maximum absolute atomic E-state index is 11.8. The lowest BCUT2D eigenvalue weighted by atomic mass is 10.2. The number of thioether (sulfide) groups is 1. The van der Waals surface area contributed by atoms with E-state index in [9.17, 15) is 4.79 Å². The summed E-state index contributed by atoms with van der Waals surface area (Å²) in [4.78, 5) is 14.8. The number of hydrogen-bond donors (Lipinski definition) is 1. The monoisotopic (exact) mass is 391 g/mol. The van der Waals surface area contributed by atoms with Gasteiger partial charge in [0, 0.05) is 23.5 Å². The second-order valence-electron chi connectivity index (χ2n) is 5.00. The van der Waals surface area contributed by atoms with Crippen LogP contribution in [0.3, 0.4) is 0 Å². The number of halogens is 1. The number of nitrogens with zero attached hydrogens (tertiary/aromatic N) is 2. The second-order valence-corrected chi connectivity index (χ2v) is 6.90. The number of amides is 1. The molecule has 4 nitrogen and oxygen atoms in total. The van der Waals surface area contributed by atoms with Gasteiger partial charge in [-0.15, -0.1) is 11.8 Å². The van der Waals surface area contributed by atoms with Crippen molar-refractivity contribution in [3.05, 3.63) is 58.6 Å². The number of rotatable bonds is 6. The van der Waals surface area contributed by atoms with Crippen molar-refractivity contribution in [2.45, 2.75) is 4.90 Å². The van der Waals surface area contributed by atoms with Gasteiger partial charge in [0.25, 0.3) is 0 Å². The van der Waals surface area contributed by atoms with Gasteiger partial charge in [-0.2, -0.15) is 5.10 Å². The highest BCUT2D eigenvalue weighted by Crippen LogP contribution is 2.25. The van der Waals surface area contributed by atoms with Crippen LogP contribution in [0.1, 0.15) is 5.56 Å². The van der Waals surface area contributed by atoms with Crippen molar-refractivity contribution in [2.24, 2.45) is 5.10 Å². The molecule has 0 bridgehead atoms. The third-order valence-electron chi connectivity index (χ3n) is 2.97. The van der Waals surface area contributed by atoms with Crippen molar-refractivity contribution in [2.75, 3.05) is 24.7 Å². The van der Waals surface area contributed by atoms with E-state index < -0.39 is 0 Å². The summed E-state index contributed by atoms with van der Waals surface area (Å²) in [6.45, 7) is 0. The van der Waals surface area contributed by atoms with Crippen LogP contribution < -0.4 is 10.3 Å². The molecule has 0 spiro atoms. The van der Waals surface area contributed by atoms with Crippen LogP contribution in [0.25, 0.3) is 0 Å². The van der Waals surface area contributed by atoms with Crippen LogP contribution in [-0.4, -0.2) is 32.0 Å². The van der Waals surface area contributed by atoms with Gasteiger partial charge in [-0.05, 0) is 45.8 Å². The second kappa shape index (κ2) is 8.74. The summed E-state index contributed by atoms with van der Waals surface area (Å²) in [5.41, 5.74) is 4.55. The van der Waals surface area contributed by atoms with Crippen LogP contribution in [-0.2, 0) is 4.79 Å². The number of carbonyl (C=O) groups excluding carboxylic acids is 1. The van der Waals surface area contributed by atoms with E-state index in [4.69, 9.17) is 0 Å². The van der Waals surface area contributed by atoms with Crippen molar-refractivity contribution in [3.63, 3.8) is 0 Å². The van der Waals surface area contributed by atoms with Crippen molar-refractivity contribution >= 4 is 45.5 Å². The summed E-state index contributed by atoms with van der Waals surface area (Å²) in [5.74, 6) is 0.212. The minimum Gasteiger partial charge on any atom is -0.377 e. The molecule has 2 rings (SSSR count). The van der Waals surface area contributed by atoms with Crippen molar-refractivity contribution in [1.29, 1.82) is 0 Å². The first kappa shape index (κ1) is 17.6. The molecule has 0 radical (unpaired) electrons. The third-order valence-corrected chi connectivity index (χ3v) is 4.62. The van der Waals surface area contributed by atoms with Crippen molar-refractivity contribution in [3.8, 4) is 0 Å². The Morgan fingerprint density at radius 2 is 2.00 bits per heavy atom. The van der Waals surface area contributed by atoms with E-state index in [-0.39, 0.29) is 5.91 Å². The molecule has 1 amide bonds. The summed E-state index contributed by atoms with van der Waals surface area (Å²) in [7, 11) is 3.97. The molecule has 6 heteroatoms. The zero-order valence-corrected chi connectivity index (χ0v) is 15.4. The van der Waals surface area contributed by atoms with Crippen LogP contribution in [0.5, 0.6) is 0 Å². The number of carbonyl (C=O) groups is 1. The minimum absolute atomic E-state index is 0.126. The largest absolute Gasteiger partial charge is 0.377 e. The number of nitrogens with one attached hydrogen (secondary N) is 1. The predicted octanol–water partition coefficient (Wildman–Crippen LogP) is 3.76. The molecule has 1 N–H and O–H groups in total. The average molecular weight is 392 g/mol. The topological polar surface area (TPSA) is 44.7 Å².